The van der Waals surface area contributed by atoms with Gasteiger partial charge >= 0.3 is 5.82 Å². The van der Waals surface area contributed by atoms with Crippen LogP contribution in [0.25, 0.3) is 0 Å². The van der Waals surface area contributed by atoms with Crippen LogP contribution in [0.1, 0.15) is 22.9 Å². The summed E-state index contributed by atoms with van der Waals surface area (Å²) in [5.41, 5.74) is 0. The summed E-state index contributed by atoms with van der Waals surface area (Å²) in [6.07, 6.45) is 0.973. The van der Waals surface area contributed by atoms with E-state index in [1.165, 1.54) is 18.5 Å². The topological polar surface area (TPSA) is 140 Å². The number of nitrogens with zero attached hydrogens (tertiary/aromatic N) is 5. The molecule has 2 rings (SSSR count). The van der Waals surface area contributed by atoms with E-state index in [1.54, 1.807) is 0 Å². The van der Waals surface area contributed by atoms with Gasteiger partial charge in [-0.2, -0.15) is 0 Å². The van der Waals surface area contributed by atoms with Crippen molar-refractivity contribution in [1.82, 2.24) is 19.7 Å². The minimum Gasteiger partial charge on any atom is -0.772 e. The lowest BCUT2D eigenvalue weighted by Gasteiger charge is -2.14. The minimum atomic E-state index is -2.52. The molecule has 0 aliphatic rings. The molecule has 10 nitrogen and oxygen atoms in total. The molecule has 2 unspecified atom stereocenters. The molecule has 2 heterocycles. The van der Waals surface area contributed by atoms with Crippen LogP contribution < -0.4 is 0 Å². The lowest BCUT2D eigenvalue weighted by molar-refractivity contribution is -0.391. The van der Waals surface area contributed by atoms with Gasteiger partial charge in [0, 0.05) is 6.92 Å². The molecule has 0 saturated carbocycles. The maximum atomic E-state index is 11.3. The number of imidazole rings is 1. The SMILES string of the molecule is Cc1nnc(C(Cc2ncc([N+](=O)[O-])n2C)S(=O)[O-])o1. The van der Waals surface area contributed by atoms with Gasteiger partial charge in [0.2, 0.25) is 11.8 Å². The Morgan fingerprint density at radius 3 is 2.70 bits per heavy atom. The van der Waals surface area contributed by atoms with E-state index < -0.39 is 21.3 Å². The van der Waals surface area contributed by atoms with Crippen molar-refractivity contribution >= 4 is 16.9 Å². The second kappa shape index (κ2) is 5.46. The van der Waals surface area contributed by atoms with Gasteiger partial charge in [0.15, 0.2) is 5.82 Å². The molecule has 2 aromatic rings. The quantitative estimate of drug-likeness (QED) is 0.432. The first kappa shape index (κ1) is 14.3. The van der Waals surface area contributed by atoms with Crippen LogP contribution in [0.5, 0.6) is 0 Å². The number of aryl methyl sites for hydroxylation is 1. The summed E-state index contributed by atoms with van der Waals surface area (Å²) in [6.45, 7) is 1.53. The Morgan fingerprint density at radius 2 is 2.25 bits per heavy atom. The largest absolute Gasteiger partial charge is 0.772 e. The molecule has 0 aromatic carbocycles. The second-order valence-electron chi connectivity index (χ2n) is 3.96. The highest BCUT2D eigenvalue weighted by Crippen LogP contribution is 2.23. The number of nitro groups is 1. The molecule has 0 fully saturated rings. The summed E-state index contributed by atoms with van der Waals surface area (Å²) in [7, 11) is 1.43. The third-order valence-electron chi connectivity index (χ3n) is 2.66. The van der Waals surface area contributed by atoms with E-state index >= 15 is 0 Å². The molecule has 108 valence electrons. The van der Waals surface area contributed by atoms with Crippen LogP contribution >= 0.6 is 0 Å². The minimum absolute atomic E-state index is 0.0681. The molecule has 0 aliphatic heterocycles. The Hall–Kier alpha value is -2.14. The standard InChI is InChI=1S/C9H11N5O5S/c1-5-11-12-9(19-5)6(20(17)18)3-7-10-4-8(13(7)2)14(15)16/h4,6H,3H2,1-2H3,(H,17,18)/p-1. The van der Waals surface area contributed by atoms with Crippen LogP contribution in [0.3, 0.4) is 0 Å². The van der Waals surface area contributed by atoms with Crippen LogP contribution in [0, 0.1) is 17.0 Å². The van der Waals surface area contributed by atoms with Gasteiger partial charge in [0.1, 0.15) is 11.4 Å². The molecule has 2 atom stereocenters. The number of hydrogen-bond acceptors (Lipinski definition) is 8. The lowest BCUT2D eigenvalue weighted by atomic mass is 10.3. The molecule has 0 aliphatic carbocycles. The van der Waals surface area contributed by atoms with Gasteiger partial charge in [-0.3, -0.25) is 4.21 Å². The smallest absolute Gasteiger partial charge is 0.342 e. The third kappa shape index (κ3) is 2.72. The maximum absolute atomic E-state index is 11.3. The van der Waals surface area contributed by atoms with Crippen molar-refractivity contribution in [3.05, 3.63) is 33.9 Å². The van der Waals surface area contributed by atoms with E-state index in [2.05, 4.69) is 15.2 Å². The highest BCUT2D eigenvalue weighted by Gasteiger charge is 2.25. The molecule has 0 amide bonds. The summed E-state index contributed by atoms with van der Waals surface area (Å²) in [5, 5.41) is 16.8. The zero-order chi connectivity index (χ0) is 14.9. The fraction of sp³-hybridized carbons (Fsp3) is 0.444. The van der Waals surface area contributed by atoms with Crippen LogP contribution in [0.2, 0.25) is 0 Å². The fourth-order valence-corrected chi connectivity index (χ4v) is 2.19. The van der Waals surface area contributed by atoms with Crippen LogP contribution in [-0.4, -0.2) is 33.4 Å². The normalized spacial score (nSPS) is 14.2. The van der Waals surface area contributed by atoms with E-state index in [1.807, 2.05) is 0 Å². The Labute approximate surface area is 115 Å². The van der Waals surface area contributed by atoms with E-state index in [-0.39, 0.29) is 29.8 Å². The van der Waals surface area contributed by atoms with E-state index in [9.17, 15) is 18.9 Å². The molecule has 2 aromatic heterocycles. The zero-order valence-electron chi connectivity index (χ0n) is 10.5. The predicted octanol–water partition coefficient (Wildman–Crippen LogP) is 0.183. The fourth-order valence-electron chi connectivity index (χ4n) is 1.64. The number of hydrogen-bond donors (Lipinski definition) is 0. The summed E-state index contributed by atoms with van der Waals surface area (Å²) < 4.78 is 28.8. The molecular weight excluding hydrogens is 290 g/mol. The first-order chi connectivity index (χ1) is 9.40. The molecule has 0 radical (unpaired) electrons. The molecule has 0 N–H and O–H groups in total. The molecule has 11 heteroatoms. The average molecular weight is 300 g/mol. The summed E-state index contributed by atoms with van der Waals surface area (Å²) in [5.74, 6) is 0.182. The van der Waals surface area contributed by atoms with Crippen LogP contribution in [-0.2, 0) is 24.5 Å². The first-order valence-electron chi connectivity index (χ1n) is 5.43. The third-order valence-corrected chi connectivity index (χ3v) is 3.50. The molecule has 0 bridgehead atoms. The highest BCUT2D eigenvalue weighted by atomic mass is 32.2. The first-order valence-corrected chi connectivity index (χ1v) is 6.57. The zero-order valence-corrected chi connectivity index (χ0v) is 11.4. The van der Waals surface area contributed by atoms with Crippen molar-refractivity contribution in [2.75, 3.05) is 0 Å². The van der Waals surface area contributed by atoms with Gasteiger partial charge in [0.25, 0.3) is 0 Å². The number of rotatable bonds is 5. The van der Waals surface area contributed by atoms with Crippen molar-refractivity contribution in [2.24, 2.45) is 7.05 Å². The van der Waals surface area contributed by atoms with Gasteiger partial charge in [-0.25, -0.2) is 9.55 Å². The van der Waals surface area contributed by atoms with Crippen molar-refractivity contribution in [2.45, 2.75) is 18.6 Å². The summed E-state index contributed by atoms with van der Waals surface area (Å²) >= 11 is -2.52. The van der Waals surface area contributed by atoms with Gasteiger partial charge in [-0.05, 0) is 16.0 Å². The van der Waals surface area contributed by atoms with Crippen molar-refractivity contribution in [3.8, 4) is 0 Å². The summed E-state index contributed by atoms with van der Waals surface area (Å²) in [6, 6.07) is 0. The molecular formula is C9H10N5O5S-. The van der Waals surface area contributed by atoms with E-state index in [4.69, 9.17) is 4.42 Å². The Bertz CT molecular complexity index is 665. The Kier molecular flexibility index (Phi) is 3.90. The Morgan fingerprint density at radius 1 is 1.55 bits per heavy atom. The average Bonchev–Trinajstić information content (AvgIpc) is 2.92. The van der Waals surface area contributed by atoms with Gasteiger partial charge in [-0.15, -0.1) is 10.2 Å². The molecule has 0 saturated heterocycles. The lowest BCUT2D eigenvalue weighted by Crippen LogP contribution is -2.13. The molecule has 0 spiro atoms. The summed E-state index contributed by atoms with van der Waals surface area (Å²) in [4.78, 5) is 14.0. The second-order valence-corrected chi connectivity index (χ2v) is 5.05. The van der Waals surface area contributed by atoms with E-state index in [0.717, 1.165) is 6.20 Å². The Balaban J connectivity index is 2.30. The van der Waals surface area contributed by atoms with Gasteiger partial charge < -0.3 is 19.1 Å². The van der Waals surface area contributed by atoms with Gasteiger partial charge in [-0.1, -0.05) is 0 Å². The maximum Gasteiger partial charge on any atom is 0.342 e. The molecule has 20 heavy (non-hydrogen) atoms. The van der Waals surface area contributed by atoms with Crippen molar-refractivity contribution in [3.63, 3.8) is 0 Å². The highest BCUT2D eigenvalue weighted by molar-refractivity contribution is 7.79. The van der Waals surface area contributed by atoms with Gasteiger partial charge in [0.05, 0.1) is 13.5 Å². The monoisotopic (exact) mass is 300 g/mol. The predicted molar refractivity (Wildman–Crippen MR) is 64.3 cm³/mol. The van der Waals surface area contributed by atoms with Crippen LogP contribution in [0.4, 0.5) is 5.82 Å². The van der Waals surface area contributed by atoms with E-state index in [0.29, 0.717) is 0 Å². The van der Waals surface area contributed by atoms with Crippen molar-refractivity contribution in [1.29, 1.82) is 0 Å². The number of aromatic nitrogens is 4. The van der Waals surface area contributed by atoms with Crippen LogP contribution in [0.15, 0.2) is 10.6 Å². The van der Waals surface area contributed by atoms with Crippen molar-refractivity contribution < 1.29 is 18.1 Å².